The Kier molecular flexibility index (Phi) is 5.99. The number of aromatic nitrogens is 1. The second-order valence-electron chi connectivity index (χ2n) is 7.39. The lowest BCUT2D eigenvalue weighted by Gasteiger charge is -2.14. The Labute approximate surface area is 179 Å². The number of carbonyl (C=O) groups excluding carboxylic acids is 3. The number of carbonyl (C=O) groups is 3. The topological polar surface area (TPSA) is 101 Å². The molecule has 8 heteroatoms. The molecule has 0 saturated carbocycles. The van der Waals surface area contributed by atoms with Crippen molar-refractivity contribution >= 4 is 40.0 Å². The molecule has 3 aromatic rings. The number of amides is 3. The van der Waals surface area contributed by atoms with Gasteiger partial charge in [-0.05, 0) is 36.8 Å². The first-order chi connectivity index (χ1) is 15.1. The summed E-state index contributed by atoms with van der Waals surface area (Å²) in [6.45, 7) is 1.32. The van der Waals surface area contributed by atoms with Crippen LogP contribution in [0.1, 0.15) is 23.2 Å². The van der Waals surface area contributed by atoms with Crippen molar-refractivity contribution < 1.29 is 19.1 Å². The second-order valence-corrected chi connectivity index (χ2v) is 7.39. The second kappa shape index (κ2) is 9.01. The Hall–Kier alpha value is -3.65. The molecular formula is C23H24N4O4. The van der Waals surface area contributed by atoms with Gasteiger partial charge in [-0.2, -0.15) is 0 Å². The summed E-state index contributed by atoms with van der Waals surface area (Å²) in [7, 11) is 1.66. The first kappa shape index (κ1) is 20.6. The molecule has 3 amide bonds. The standard InChI is InChI=1S/C23H24N4O4/c1-31-14-13-27-12-11-15-17(7-4-8-20(15)27)24-21(28)10-9-19-23(30)25-18-6-3-2-5-16(18)22(29)26-19/h2-8,11-12,19H,9-10,13-14H2,1H3,(H,24,28)(H,25,30)(H,26,29)/t19-/m0/s1. The number of nitrogens with one attached hydrogen (secondary N) is 3. The molecule has 1 atom stereocenters. The SMILES string of the molecule is COCCn1ccc2c(NC(=O)CC[C@@H]3NC(=O)c4ccccc4NC3=O)cccc21. The highest BCUT2D eigenvalue weighted by Crippen LogP contribution is 2.25. The fourth-order valence-corrected chi connectivity index (χ4v) is 3.72. The maximum Gasteiger partial charge on any atom is 0.254 e. The zero-order valence-corrected chi connectivity index (χ0v) is 17.2. The lowest BCUT2D eigenvalue weighted by atomic mass is 10.1. The molecule has 160 valence electrons. The van der Waals surface area contributed by atoms with E-state index in [9.17, 15) is 14.4 Å². The van der Waals surface area contributed by atoms with E-state index in [0.717, 1.165) is 17.4 Å². The fourth-order valence-electron chi connectivity index (χ4n) is 3.72. The van der Waals surface area contributed by atoms with E-state index in [4.69, 9.17) is 4.74 Å². The van der Waals surface area contributed by atoms with E-state index in [1.165, 1.54) is 0 Å². The number of methoxy groups -OCH3 is 1. The number of hydrogen-bond acceptors (Lipinski definition) is 4. The molecule has 2 heterocycles. The van der Waals surface area contributed by atoms with E-state index in [1.54, 1.807) is 31.4 Å². The fraction of sp³-hybridized carbons (Fsp3) is 0.261. The quantitative estimate of drug-likeness (QED) is 0.547. The molecule has 0 spiro atoms. The van der Waals surface area contributed by atoms with Crippen molar-refractivity contribution in [1.29, 1.82) is 0 Å². The van der Waals surface area contributed by atoms with Crippen LogP contribution < -0.4 is 16.0 Å². The van der Waals surface area contributed by atoms with Gasteiger partial charge in [0.25, 0.3) is 5.91 Å². The number of anilines is 2. The smallest absolute Gasteiger partial charge is 0.254 e. The van der Waals surface area contributed by atoms with Gasteiger partial charge in [-0.15, -0.1) is 0 Å². The van der Waals surface area contributed by atoms with E-state index < -0.39 is 6.04 Å². The molecule has 4 rings (SSSR count). The van der Waals surface area contributed by atoms with Crippen molar-refractivity contribution in [2.75, 3.05) is 24.4 Å². The van der Waals surface area contributed by atoms with Gasteiger partial charge in [0, 0.05) is 31.7 Å². The Morgan fingerprint density at radius 3 is 2.81 bits per heavy atom. The van der Waals surface area contributed by atoms with Gasteiger partial charge in [0.15, 0.2) is 0 Å². The molecule has 0 bridgehead atoms. The average Bonchev–Trinajstić information content (AvgIpc) is 3.14. The van der Waals surface area contributed by atoms with E-state index in [2.05, 4.69) is 20.5 Å². The average molecular weight is 420 g/mol. The van der Waals surface area contributed by atoms with Crippen molar-refractivity contribution in [3.63, 3.8) is 0 Å². The van der Waals surface area contributed by atoms with E-state index in [0.29, 0.717) is 23.5 Å². The molecule has 0 radical (unpaired) electrons. The van der Waals surface area contributed by atoms with E-state index in [1.807, 2.05) is 30.5 Å². The third kappa shape index (κ3) is 4.44. The highest BCUT2D eigenvalue weighted by molar-refractivity contribution is 6.10. The van der Waals surface area contributed by atoms with Gasteiger partial charge in [0.05, 0.1) is 29.1 Å². The number of rotatable bonds is 7. The number of nitrogens with zero attached hydrogens (tertiary/aromatic N) is 1. The molecule has 0 aliphatic carbocycles. The summed E-state index contributed by atoms with van der Waals surface area (Å²) in [5.41, 5.74) is 2.59. The molecule has 0 unspecified atom stereocenters. The van der Waals surface area contributed by atoms with Crippen LogP contribution in [-0.4, -0.2) is 42.0 Å². The highest BCUT2D eigenvalue weighted by atomic mass is 16.5. The monoisotopic (exact) mass is 420 g/mol. The van der Waals surface area contributed by atoms with Gasteiger partial charge >= 0.3 is 0 Å². The summed E-state index contributed by atoms with van der Waals surface area (Å²) in [4.78, 5) is 37.5. The van der Waals surface area contributed by atoms with E-state index in [-0.39, 0.29) is 30.6 Å². The Morgan fingerprint density at radius 1 is 1.13 bits per heavy atom. The van der Waals surface area contributed by atoms with Gasteiger partial charge in [0.2, 0.25) is 11.8 Å². The predicted molar refractivity (Wildman–Crippen MR) is 118 cm³/mol. The minimum absolute atomic E-state index is 0.0927. The van der Waals surface area contributed by atoms with Crippen LogP contribution in [0.25, 0.3) is 10.9 Å². The van der Waals surface area contributed by atoms with Crippen molar-refractivity contribution in [2.45, 2.75) is 25.4 Å². The molecule has 2 aromatic carbocycles. The zero-order valence-electron chi connectivity index (χ0n) is 17.2. The number of para-hydroxylation sites is 1. The first-order valence-corrected chi connectivity index (χ1v) is 10.1. The van der Waals surface area contributed by atoms with Crippen LogP contribution in [0.2, 0.25) is 0 Å². The van der Waals surface area contributed by atoms with Gasteiger partial charge in [-0.3, -0.25) is 14.4 Å². The Balaban J connectivity index is 1.40. The van der Waals surface area contributed by atoms with Gasteiger partial charge < -0.3 is 25.3 Å². The maximum atomic E-state index is 12.6. The zero-order chi connectivity index (χ0) is 21.8. The van der Waals surface area contributed by atoms with Crippen molar-refractivity contribution in [2.24, 2.45) is 0 Å². The molecule has 0 fully saturated rings. The van der Waals surface area contributed by atoms with Crippen LogP contribution >= 0.6 is 0 Å². The van der Waals surface area contributed by atoms with Crippen LogP contribution in [0, 0.1) is 0 Å². The lowest BCUT2D eigenvalue weighted by molar-refractivity contribution is -0.118. The normalized spacial score (nSPS) is 15.7. The molecule has 1 aliphatic heterocycles. The number of ether oxygens (including phenoxy) is 1. The van der Waals surface area contributed by atoms with Crippen LogP contribution in [0.3, 0.4) is 0 Å². The number of fused-ring (bicyclic) bond motifs is 2. The third-order valence-electron chi connectivity index (χ3n) is 5.34. The molecule has 8 nitrogen and oxygen atoms in total. The predicted octanol–water partition coefficient (Wildman–Crippen LogP) is 2.76. The molecular weight excluding hydrogens is 396 g/mol. The van der Waals surface area contributed by atoms with Crippen LogP contribution in [0.4, 0.5) is 11.4 Å². The van der Waals surface area contributed by atoms with Crippen LogP contribution in [0.15, 0.2) is 54.7 Å². The van der Waals surface area contributed by atoms with Gasteiger partial charge in [-0.25, -0.2) is 0 Å². The summed E-state index contributed by atoms with van der Waals surface area (Å²) in [6.07, 6.45) is 2.25. The summed E-state index contributed by atoms with van der Waals surface area (Å²) in [6, 6.07) is 13.7. The van der Waals surface area contributed by atoms with Crippen molar-refractivity contribution in [1.82, 2.24) is 9.88 Å². The molecule has 3 N–H and O–H groups in total. The van der Waals surface area contributed by atoms with Gasteiger partial charge in [0.1, 0.15) is 6.04 Å². The summed E-state index contributed by atoms with van der Waals surface area (Å²) in [5.74, 6) is -0.883. The molecule has 1 aliphatic rings. The summed E-state index contributed by atoms with van der Waals surface area (Å²) in [5, 5.41) is 9.32. The molecule has 1 aromatic heterocycles. The summed E-state index contributed by atoms with van der Waals surface area (Å²) < 4.78 is 7.21. The first-order valence-electron chi connectivity index (χ1n) is 10.1. The number of hydrogen-bond donors (Lipinski definition) is 3. The van der Waals surface area contributed by atoms with Crippen LogP contribution in [0.5, 0.6) is 0 Å². The minimum Gasteiger partial charge on any atom is -0.383 e. The van der Waals surface area contributed by atoms with E-state index >= 15 is 0 Å². The minimum atomic E-state index is -0.781. The van der Waals surface area contributed by atoms with Crippen molar-refractivity contribution in [3.8, 4) is 0 Å². The third-order valence-corrected chi connectivity index (χ3v) is 5.34. The maximum absolute atomic E-state index is 12.6. The highest BCUT2D eigenvalue weighted by Gasteiger charge is 2.27. The molecule has 0 saturated heterocycles. The molecule has 31 heavy (non-hydrogen) atoms. The lowest BCUT2D eigenvalue weighted by Crippen LogP contribution is -2.41. The van der Waals surface area contributed by atoms with Gasteiger partial charge in [-0.1, -0.05) is 18.2 Å². The van der Waals surface area contributed by atoms with Crippen LogP contribution in [-0.2, 0) is 20.9 Å². The van der Waals surface area contributed by atoms with Crippen molar-refractivity contribution in [3.05, 3.63) is 60.3 Å². The summed E-state index contributed by atoms with van der Waals surface area (Å²) >= 11 is 0. The Bertz CT molecular complexity index is 1140. The number of benzene rings is 2. The Morgan fingerprint density at radius 2 is 1.97 bits per heavy atom. The largest absolute Gasteiger partial charge is 0.383 e.